The van der Waals surface area contributed by atoms with Crippen LogP contribution >= 0.6 is 0 Å². The molecule has 104 valence electrons. The molecule has 1 aromatic rings. The zero-order valence-corrected chi connectivity index (χ0v) is 12.4. The minimum atomic E-state index is 0.518. The summed E-state index contributed by atoms with van der Waals surface area (Å²) in [7, 11) is 0. The van der Waals surface area contributed by atoms with Gasteiger partial charge < -0.3 is 10.2 Å². The first-order chi connectivity index (χ1) is 9.06. The van der Waals surface area contributed by atoms with Crippen LogP contribution in [0, 0.1) is 5.92 Å². The van der Waals surface area contributed by atoms with E-state index in [9.17, 15) is 0 Å². The average Bonchev–Trinajstić information content (AvgIpc) is 2.36. The van der Waals surface area contributed by atoms with Crippen molar-refractivity contribution in [1.29, 1.82) is 0 Å². The van der Waals surface area contributed by atoms with Crippen molar-refractivity contribution in [3.05, 3.63) is 42.0 Å². The van der Waals surface area contributed by atoms with E-state index in [1.807, 2.05) is 0 Å². The van der Waals surface area contributed by atoms with Crippen molar-refractivity contribution in [2.45, 2.75) is 33.2 Å². The Morgan fingerprint density at radius 1 is 1.42 bits per heavy atom. The highest BCUT2D eigenvalue weighted by molar-refractivity contribution is 5.56. The molecule has 1 aliphatic heterocycles. The van der Waals surface area contributed by atoms with Gasteiger partial charge in [-0.05, 0) is 29.5 Å². The third kappa shape index (κ3) is 3.84. The number of hydrogen-bond acceptors (Lipinski definition) is 2. The van der Waals surface area contributed by atoms with Gasteiger partial charge in [0, 0.05) is 31.4 Å². The van der Waals surface area contributed by atoms with Crippen LogP contribution in [0.3, 0.4) is 0 Å². The number of fused-ring (bicyclic) bond motifs is 1. The summed E-state index contributed by atoms with van der Waals surface area (Å²) >= 11 is 0. The van der Waals surface area contributed by atoms with Crippen molar-refractivity contribution in [3.8, 4) is 0 Å². The Morgan fingerprint density at radius 2 is 2.16 bits per heavy atom. The van der Waals surface area contributed by atoms with Crippen molar-refractivity contribution in [3.63, 3.8) is 0 Å². The molecule has 19 heavy (non-hydrogen) atoms. The Morgan fingerprint density at radius 3 is 2.89 bits per heavy atom. The number of nitrogens with zero attached hydrogens (tertiary/aromatic N) is 1. The molecular formula is C17H26N2. The fourth-order valence-corrected chi connectivity index (χ4v) is 2.73. The van der Waals surface area contributed by atoms with Gasteiger partial charge in [0.05, 0.1) is 0 Å². The molecule has 0 fully saturated rings. The summed E-state index contributed by atoms with van der Waals surface area (Å²) in [6, 6.07) is 9.29. The second kappa shape index (κ2) is 6.25. The lowest BCUT2D eigenvalue weighted by molar-refractivity contribution is 0.535. The molecule has 1 heterocycles. The molecule has 0 spiro atoms. The first-order valence-electron chi connectivity index (χ1n) is 7.29. The van der Waals surface area contributed by atoms with Gasteiger partial charge in [-0.25, -0.2) is 0 Å². The van der Waals surface area contributed by atoms with Gasteiger partial charge in [0.2, 0.25) is 0 Å². The highest BCUT2D eigenvalue weighted by atomic mass is 15.1. The zero-order chi connectivity index (χ0) is 13.8. The minimum absolute atomic E-state index is 0.518. The SMILES string of the molecule is C=C(CNC(C)C)CN1CC(C)Cc2ccccc21. The molecule has 1 aromatic carbocycles. The van der Waals surface area contributed by atoms with Crippen LogP contribution < -0.4 is 10.2 Å². The normalized spacial score (nSPS) is 18.5. The Hall–Kier alpha value is -1.28. The average molecular weight is 258 g/mol. The lowest BCUT2D eigenvalue weighted by Crippen LogP contribution is -2.37. The van der Waals surface area contributed by atoms with E-state index in [0.717, 1.165) is 25.6 Å². The molecule has 2 rings (SSSR count). The molecule has 0 aromatic heterocycles. The number of para-hydroxylation sites is 1. The topological polar surface area (TPSA) is 15.3 Å². The quantitative estimate of drug-likeness (QED) is 0.816. The predicted molar refractivity (Wildman–Crippen MR) is 83.8 cm³/mol. The van der Waals surface area contributed by atoms with Crippen molar-refractivity contribution >= 4 is 5.69 Å². The molecule has 0 aliphatic carbocycles. The van der Waals surface area contributed by atoms with Crippen LogP contribution in [0.2, 0.25) is 0 Å². The summed E-state index contributed by atoms with van der Waals surface area (Å²) in [6.07, 6.45) is 1.20. The molecule has 1 atom stereocenters. The number of anilines is 1. The second-order valence-corrected chi connectivity index (χ2v) is 6.10. The number of nitrogens with one attached hydrogen (secondary N) is 1. The molecule has 0 saturated heterocycles. The van der Waals surface area contributed by atoms with E-state index < -0.39 is 0 Å². The third-order valence-corrected chi connectivity index (χ3v) is 3.61. The molecule has 0 amide bonds. The molecule has 0 saturated carbocycles. The van der Waals surface area contributed by atoms with E-state index in [4.69, 9.17) is 0 Å². The van der Waals surface area contributed by atoms with E-state index >= 15 is 0 Å². The van der Waals surface area contributed by atoms with Crippen molar-refractivity contribution < 1.29 is 0 Å². The summed E-state index contributed by atoms with van der Waals surface area (Å²) < 4.78 is 0. The smallest absolute Gasteiger partial charge is 0.0401 e. The van der Waals surface area contributed by atoms with E-state index in [1.54, 1.807) is 0 Å². The minimum Gasteiger partial charge on any atom is -0.367 e. The van der Waals surface area contributed by atoms with Gasteiger partial charge in [0.25, 0.3) is 0 Å². The van der Waals surface area contributed by atoms with Crippen molar-refractivity contribution in [2.24, 2.45) is 5.92 Å². The monoisotopic (exact) mass is 258 g/mol. The molecule has 1 unspecified atom stereocenters. The van der Waals surface area contributed by atoms with Crippen LogP contribution in [-0.2, 0) is 6.42 Å². The molecular weight excluding hydrogens is 232 g/mol. The van der Waals surface area contributed by atoms with Gasteiger partial charge in [-0.3, -0.25) is 0 Å². The first kappa shape index (κ1) is 14.1. The summed E-state index contributed by atoms with van der Waals surface area (Å²) in [5.41, 5.74) is 4.13. The second-order valence-electron chi connectivity index (χ2n) is 6.10. The maximum Gasteiger partial charge on any atom is 0.0401 e. The fourth-order valence-electron chi connectivity index (χ4n) is 2.73. The van der Waals surface area contributed by atoms with Crippen LogP contribution in [0.4, 0.5) is 5.69 Å². The largest absolute Gasteiger partial charge is 0.367 e. The van der Waals surface area contributed by atoms with E-state index in [2.05, 4.69) is 61.8 Å². The molecule has 2 heteroatoms. The molecule has 0 bridgehead atoms. The Bertz CT molecular complexity index is 437. The summed E-state index contributed by atoms with van der Waals surface area (Å²) in [5, 5.41) is 3.44. The van der Waals surface area contributed by atoms with Crippen LogP contribution in [0.1, 0.15) is 26.3 Å². The standard InChI is InChI=1S/C17H26N2/c1-13(2)18-10-15(4)12-19-11-14(3)9-16-7-5-6-8-17(16)19/h5-8,13-14,18H,4,9-12H2,1-3H3. The van der Waals surface area contributed by atoms with Crippen LogP contribution in [-0.4, -0.2) is 25.7 Å². The Kier molecular flexibility index (Phi) is 4.65. The van der Waals surface area contributed by atoms with Crippen LogP contribution in [0.25, 0.3) is 0 Å². The number of rotatable bonds is 5. The van der Waals surface area contributed by atoms with E-state index in [0.29, 0.717) is 6.04 Å². The van der Waals surface area contributed by atoms with Gasteiger partial charge in [-0.15, -0.1) is 0 Å². The summed E-state index contributed by atoms with van der Waals surface area (Å²) in [4.78, 5) is 2.48. The maximum atomic E-state index is 4.21. The van der Waals surface area contributed by atoms with Crippen molar-refractivity contribution in [1.82, 2.24) is 5.32 Å². The predicted octanol–water partition coefficient (Wildman–Crippen LogP) is 3.24. The van der Waals surface area contributed by atoms with Crippen molar-refractivity contribution in [2.75, 3.05) is 24.5 Å². The lowest BCUT2D eigenvalue weighted by atomic mass is 9.93. The van der Waals surface area contributed by atoms with E-state index in [1.165, 1.54) is 23.2 Å². The highest BCUT2D eigenvalue weighted by Crippen LogP contribution is 2.29. The van der Waals surface area contributed by atoms with E-state index in [-0.39, 0.29) is 0 Å². The maximum absolute atomic E-state index is 4.21. The highest BCUT2D eigenvalue weighted by Gasteiger charge is 2.21. The summed E-state index contributed by atoms with van der Waals surface area (Å²) in [5.74, 6) is 0.723. The molecule has 1 aliphatic rings. The van der Waals surface area contributed by atoms with Gasteiger partial charge in [0.1, 0.15) is 0 Å². The van der Waals surface area contributed by atoms with Crippen LogP contribution in [0.5, 0.6) is 0 Å². The first-order valence-corrected chi connectivity index (χ1v) is 7.29. The molecule has 2 nitrogen and oxygen atoms in total. The Labute approximate surface area is 117 Å². The zero-order valence-electron chi connectivity index (χ0n) is 12.4. The number of benzene rings is 1. The van der Waals surface area contributed by atoms with Gasteiger partial charge in [0.15, 0.2) is 0 Å². The summed E-state index contributed by atoms with van der Waals surface area (Å²) in [6.45, 7) is 13.9. The molecule has 1 N–H and O–H groups in total. The van der Waals surface area contributed by atoms with Gasteiger partial charge in [-0.2, -0.15) is 0 Å². The lowest BCUT2D eigenvalue weighted by Gasteiger charge is -2.35. The third-order valence-electron chi connectivity index (χ3n) is 3.61. The van der Waals surface area contributed by atoms with Gasteiger partial charge >= 0.3 is 0 Å². The van der Waals surface area contributed by atoms with Gasteiger partial charge in [-0.1, -0.05) is 45.5 Å². The number of hydrogen-bond donors (Lipinski definition) is 1. The Balaban J connectivity index is 2.02. The molecule has 0 radical (unpaired) electrons. The van der Waals surface area contributed by atoms with Crippen LogP contribution in [0.15, 0.2) is 36.4 Å². The fraction of sp³-hybridized carbons (Fsp3) is 0.529.